The largest absolute Gasteiger partial charge is 0.406 e. The number of carbonyl (C=O) groups is 1. The highest BCUT2D eigenvalue weighted by atomic mass is 19.4. The van der Waals surface area contributed by atoms with Crippen LogP contribution in [0.15, 0.2) is 30.3 Å². The van der Waals surface area contributed by atoms with Crippen LogP contribution in [0, 0.1) is 0 Å². The van der Waals surface area contributed by atoms with Gasteiger partial charge in [0.1, 0.15) is 6.54 Å². The Bertz CT molecular complexity index is 579. The summed E-state index contributed by atoms with van der Waals surface area (Å²) in [4.78, 5) is 15.3. The number of benzene rings is 1. The van der Waals surface area contributed by atoms with Gasteiger partial charge in [-0.05, 0) is 18.9 Å². The molecule has 3 rings (SSSR count). The molecule has 2 heterocycles. The van der Waals surface area contributed by atoms with Crippen LogP contribution < -0.4 is 0 Å². The molecule has 7 heteroatoms. The minimum Gasteiger partial charge on any atom is -0.371 e. The number of likely N-dealkylation sites (tertiary alicyclic amines) is 1. The number of amides is 1. The molecule has 2 fully saturated rings. The summed E-state index contributed by atoms with van der Waals surface area (Å²) in [6.45, 7) is 1.91. The van der Waals surface area contributed by atoms with Crippen LogP contribution in [0.25, 0.3) is 0 Å². The van der Waals surface area contributed by atoms with Gasteiger partial charge in [-0.25, -0.2) is 0 Å². The van der Waals surface area contributed by atoms with Crippen LogP contribution in [-0.4, -0.2) is 60.2 Å². The summed E-state index contributed by atoms with van der Waals surface area (Å²) in [6.07, 6.45) is -4.08. The molecule has 0 bridgehead atoms. The van der Waals surface area contributed by atoms with Crippen molar-refractivity contribution < 1.29 is 22.7 Å². The highest BCUT2D eigenvalue weighted by Crippen LogP contribution is 2.30. The molecule has 1 amide bonds. The number of rotatable bonds is 3. The molecule has 2 aliphatic heterocycles. The third-order valence-corrected chi connectivity index (χ3v) is 4.69. The smallest absolute Gasteiger partial charge is 0.371 e. The lowest BCUT2D eigenvalue weighted by Gasteiger charge is -2.41. The first-order valence-corrected chi connectivity index (χ1v) is 8.13. The summed E-state index contributed by atoms with van der Waals surface area (Å²) in [5.74, 6) is -0.423. The van der Waals surface area contributed by atoms with E-state index < -0.39 is 24.7 Å². The van der Waals surface area contributed by atoms with Crippen LogP contribution in [0.3, 0.4) is 0 Å². The van der Waals surface area contributed by atoms with Crippen molar-refractivity contribution in [2.24, 2.45) is 0 Å². The van der Waals surface area contributed by atoms with Crippen molar-refractivity contribution in [3.05, 3.63) is 35.9 Å². The quantitative estimate of drug-likeness (QED) is 0.847. The number of nitrogens with zero attached hydrogens (tertiary/aromatic N) is 2. The van der Waals surface area contributed by atoms with Crippen LogP contribution in [0.2, 0.25) is 0 Å². The lowest BCUT2D eigenvalue weighted by Crippen LogP contribution is -2.53. The minimum absolute atomic E-state index is 0.00440. The first kappa shape index (κ1) is 17.2. The first-order chi connectivity index (χ1) is 11.3. The van der Waals surface area contributed by atoms with Crippen molar-refractivity contribution in [3.8, 4) is 0 Å². The molecular weight excluding hydrogens is 321 g/mol. The van der Waals surface area contributed by atoms with Crippen molar-refractivity contribution in [2.45, 2.75) is 37.7 Å². The molecule has 3 atom stereocenters. The number of carbonyl (C=O) groups excluding carboxylic acids is 1. The standard InChI is InChI=1S/C17H21F3N2O2/c1-12-10-24-15(13-5-3-2-4-6-13)9-22(12)14-7-8-21(16(14)23)11-17(18,19)20/h2-6,12,14-15H,7-11H2,1H3/t12-,14-,15-/m1/s1. The van der Waals surface area contributed by atoms with Gasteiger partial charge < -0.3 is 9.64 Å². The van der Waals surface area contributed by atoms with E-state index in [1.165, 1.54) is 0 Å². The summed E-state index contributed by atoms with van der Waals surface area (Å²) < 4.78 is 43.6. The normalized spacial score (nSPS) is 29.2. The van der Waals surface area contributed by atoms with E-state index >= 15 is 0 Å². The maximum absolute atomic E-state index is 12.6. The first-order valence-electron chi connectivity index (χ1n) is 8.13. The molecule has 4 nitrogen and oxygen atoms in total. The van der Waals surface area contributed by atoms with Gasteiger partial charge in [-0.3, -0.25) is 9.69 Å². The number of morpholine rings is 1. The highest BCUT2D eigenvalue weighted by Gasteiger charge is 2.44. The van der Waals surface area contributed by atoms with E-state index in [0.717, 1.165) is 10.5 Å². The third kappa shape index (κ3) is 3.72. The number of hydrogen-bond donors (Lipinski definition) is 0. The molecule has 24 heavy (non-hydrogen) atoms. The van der Waals surface area contributed by atoms with Crippen LogP contribution in [0.1, 0.15) is 25.0 Å². The predicted molar refractivity (Wildman–Crippen MR) is 82.3 cm³/mol. The van der Waals surface area contributed by atoms with Crippen molar-refractivity contribution in [1.29, 1.82) is 0 Å². The number of ether oxygens (including phenoxy) is 1. The Morgan fingerprint density at radius 2 is 1.96 bits per heavy atom. The Kier molecular flexibility index (Phi) is 4.83. The monoisotopic (exact) mass is 342 g/mol. The molecular formula is C17H21F3N2O2. The fourth-order valence-electron chi connectivity index (χ4n) is 3.48. The zero-order chi connectivity index (χ0) is 17.3. The Balaban J connectivity index is 1.70. The van der Waals surface area contributed by atoms with Gasteiger partial charge in [0.25, 0.3) is 0 Å². The summed E-state index contributed by atoms with van der Waals surface area (Å²) in [5, 5.41) is 0. The summed E-state index contributed by atoms with van der Waals surface area (Å²) in [5.41, 5.74) is 1.02. The van der Waals surface area contributed by atoms with Gasteiger partial charge in [-0.2, -0.15) is 13.2 Å². The zero-order valence-corrected chi connectivity index (χ0v) is 13.5. The molecule has 0 N–H and O–H groups in total. The summed E-state index contributed by atoms with van der Waals surface area (Å²) in [7, 11) is 0. The van der Waals surface area contributed by atoms with E-state index in [4.69, 9.17) is 4.74 Å². The van der Waals surface area contributed by atoms with Gasteiger partial charge in [0.05, 0.1) is 18.8 Å². The Hall–Kier alpha value is -1.60. The molecule has 2 aliphatic rings. The molecule has 0 aromatic heterocycles. The highest BCUT2D eigenvalue weighted by molar-refractivity contribution is 5.84. The Morgan fingerprint density at radius 3 is 2.62 bits per heavy atom. The number of alkyl halides is 3. The fraction of sp³-hybridized carbons (Fsp3) is 0.588. The molecule has 1 aromatic carbocycles. The maximum Gasteiger partial charge on any atom is 0.406 e. The molecule has 0 radical (unpaired) electrons. The molecule has 2 saturated heterocycles. The molecule has 0 spiro atoms. The van der Waals surface area contributed by atoms with Gasteiger partial charge in [-0.1, -0.05) is 30.3 Å². The molecule has 0 saturated carbocycles. The second-order valence-corrected chi connectivity index (χ2v) is 6.46. The minimum atomic E-state index is -4.35. The van der Waals surface area contributed by atoms with Crippen molar-refractivity contribution in [2.75, 3.05) is 26.2 Å². The van der Waals surface area contributed by atoms with Crippen LogP contribution >= 0.6 is 0 Å². The second-order valence-electron chi connectivity index (χ2n) is 6.46. The predicted octanol–water partition coefficient (Wildman–Crippen LogP) is 2.61. The number of halogens is 3. The van der Waals surface area contributed by atoms with E-state index in [2.05, 4.69) is 0 Å². The van der Waals surface area contributed by atoms with Gasteiger partial charge in [0, 0.05) is 19.1 Å². The van der Waals surface area contributed by atoms with E-state index in [0.29, 0.717) is 19.6 Å². The SMILES string of the molecule is C[C@@H]1CO[C@@H](c2ccccc2)CN1[C@@H]1CCN(CC(F)(F)F)C1=O. The second kappa shape index (κ2) is 6.72. The Morgan fingerprint density at radius 1 is 1.25 bits per heavy atom. The van der Waals surface area contributed by atoms with E-state index in [1.54, 1.807) is 0 Å². The molecule has 132 valence electrons. The molecule has 0 aliphatic carbocycles. The number of hydrogen-bond acceptors (Lipinski definition) is 3. The Labute approximate surface area is 139 Å². The zero-order valence-electron chi connectivity index (χ0n) is 13.5. The average molecular weight is 342 g/mol. The lowest BCUT2D eigenvalue weighted by atomic mass is 10.0. The molecule has 0 unspecified atom stereocenters. The van der Waals surface area contributed by atoms with E-state index in [-0.39, 0.29) is 18.7 Å². The van der Waals surface area contributed by atoms with E-state index in [9.17, 15) is 18.0 Å². The fourth-order valence-corrected chi connectivity index (χ4v) is 3.48. The van der Waals surface area contributed by atoms with Crippen molar-refractivity contribution in [3.63, 3.8) is 0 Å². The van der Waals surface area contributed by atoms with Crippen LogP contribution in [0.4, 0.5) is 13.2 Å². The third-order valence-electron chi connectivity index (χ3n) is 4.69. The summed E-state index contributed by atoms with van der Waals surface area (Å²) in [6, 6.07) is 9.21. The van der Waals surface area contributed by atoms with Gasteiger partial charge >= 0.3 is 6.18 Å². The summed E-state index contributed by atoms with van der Waals surface area (Å²) >= 11 is 0. The maximum atomic E-state index is 12.6. The lowest BCUT2D eigenvalue weighted by molar-refractivity contribution is -0.161. The van der Waals surface area contributed by atoms with Crippen LogP contribution in [-0.2, 0) is 9.53 Å². The van der Waals surface area contributed by atoms with Crippen LogP contribution in [0.5, 0.6) is 0 Å². The van der Waals surface area contributed by atoms with Crippen molar-refractivity contribution >= 4 is 5.91 Å². The van der Waals surface area contributed by atoms with Gasteiger partial charge in [0.2, 0.25) is 5.91 Å². The topological polar surface area (TPSA) is 32.8 Å². The van der Waals surface area contributed by atoms with E-state index in [1.807, 2.05) is 42.2 Å². The van der Waals surface area contributed by atoms with Gasteiger partial charge in [-0.15, -0.1) is 0 Å². The molecule has 1 aromatic rings. The van der Waals surface area contributed by atoms with Crippen molar-refractivity contribution in [1.82, 2.24) is 9.80 Å². The average Bonchev–Trinajstić information content (AvgIpc) is 2.88. The van der Waals surface area contributed by atoms with Gasteiger partial charge in [0.15, 0.2) is 0 Å².